The van der Waals surface area contributed by atoms with Crippen LogP contribution in [0.1, 0.15) is 30.0 Å². The molecule has 0 spiro atoms. The zero-order valence-electron chi connectivity index (χ0n) is 15.8. The van der Waals surface area contributed by atoms with Crippen molar-refractivity contribution in [2.24, 2.45) is 5.92 Å². The van der Waals surface area contributed by atoms with E-state index in [0.29, 0.717) is 43.0 Å². The third-order valence-corrected chi connectivity index (χ3v) is 5.24. The summed E-state index contributed by atoms with van der Waals surface area (Å²) >= 11 is 0. The Balaban J connectivity index is 2.10. The van der Waals surface area contributed by atoms with Crippen molar-refractivity contribution in [2.75, 3.05) is 27.3 Å². The van der Waals surface area contributed by atoms with Crippen molar-refractivity contribution in [3.05, 3.63) is 59.2 Å². The van der Waals surface area contributed by atoms with Crippen LogP contribution >= 0.6 is 0 Å². The number of carbonyl (C=O) groups is 1. The molecule has 0 bridgehead atoms. The average Bonchev–Trinajstić information content (AvgIpc) is 2.70. The number of carboxylic acid groups (broad SMARTS) is 1. The molecular weight excluding hydrogens is 368 g/mol. The van der Waals surface area contributed by atoms with E-state index in [1.165, 1.54) is 26.4 Å². The lowest BCUT2D eigenvalue weighted by molar-refractivity contribution is -0.143. The molecule has 2 aromatic carbocycles. The van der Waals surface area contributed by atoms with E-state index in [-0.39, 0.29) is 5.56 Å². The Kier molecular flexibility index (Phi) is 6.14. The molecule has 1 N–H and O–H groups in total. The molecule has 0 aliphatic carbocycles. The van der Waals surface area contributed by atoms with Crippen LogP contribution in [0.25, 0.3) is 0 Å². The van der Waals surface area contributed by atoms with Gasteiger partial charge < -0.3 is 14.6 Å². The van der Waals surface area contributed by atoms with E-state index in [2.05, 4.69) is 0 Å². The Hall–Kier alpha value is -2.67. The molecule has 1 unspecified atom stereocenters. The van der Waals surface area contributed by atoms with E-state index in [9.17, 15) is 18.7 Å². The Morgan fingerprint density at radius 1 is 1.11 bits per heavy atom. The number of hydrogen-bond donors (Lipinski definition) is 1. The van der Waals surface area contributed by atoms with Crippen molar-refractivity contribution >= 4 is 5.97 Å². The zero-order chi connectivity index (χ0) is 20.3. The zero-order valence-corrected chi connectivity index (χ0v) is 15.8. The Morgan fingerprint density at radius 3 is 2.21 bits per heavy atom. The van der Waals surface area contributed by atoms with Gasteiger partial charge in [-0.05, 0) is 44.1 Å². The highest BCUT2D eigenvalue weighted by Crippen LogP contribution is 2.43. The van der Waals surface area contributed by atoms with Gasteiger partial charge in [-0.15, -0.1) is 0 Å². The Labute approximate surface area is 162 Å². The minimum Gasteiger partial charge on any atom is -0.496 e. The third-order valence-electron chi connectivity index (χ3n) is 5.24. The number of likely N-dealkylation sites (tertiary alicyclic amines) is 1. The number of benzene rings is 2. The maximum atomic E-state index is 14.8. The summed E-state index contributed by atoms with van der Waals surface area (Å²) in [5.74, 6) is -1.52. The summed E-state index contributed by atoms with van der Waals surface area (Å²) < 4.78 is 39.3. The fourth-order valence-corrected chi connectivity index (χ4v) is 3.81. The van der Waals surface area contributed by atoms with Gasteiger partial charge >= 0.3 is 5.97 Å². The standard InChI is InChI=1S/C21H23F2NO4/c1-27-17-4-3-5-18(28-2)19(17)20(15-7-6-14(22)12-16(15)23)24-10-8-13(9-11-24)21(25)26/h3-7,12-13,20H,8-11H2,1-2H3,(H,25,26). The summed E-state index contributed by atoms with van der Waals surface area (Å²) in [7, 11) is 3.04. The van der Waals surface area contributed by atoms with Gasteiger partial charge in [-0.2, -0.15) is 0 Å². The fraction of sp³-hybridized carbons (Fsp3) is 0.381. The molecule has 1 saturated heterocycles. The molecule has 1 heterocycles. The van der Waals surface area contributed by atoms with E-state index in [0.717, 1.165) is 6.07 Å². The number of nitrogens with zero attached hydrogens (tertiary/aromatic N) is 1. The summed E-state index contributed by atoms with van der Waals surface area (Å²) in [4.78, 5) is 13.3. The molecule has 150 valence electrons. The molecule has 0 saturated carbocycles. The molecule has 1 aliphatic heterocycles. The number of methoxy groups -OCH3 is 2. The molecule has 3 rings (SSSR count). The normalized spacial score (nSPS) is 16.6. The van der Waals surface area contributed by atoms with Crippen LogP contribution in [0, 0.1) is 17.6 Å². The molecule has 1 atom stereocenters. The van der Waals surface area contributed by atoms with Crippen LogP contribution in [-0.4, -0.2) is 43.3 Å². The Morgan fingerprint density at radius 2 is 1.71 bits per heavy atom. The minimum absolute atomic E-state index is 0.290. The predicted octanol–water partition coefficient (Wildman–Crippen LogP) is 3.87. The van der Waals surface area contributed by atoms with Gasteiger partial charge in [0.2, 0.25) is 0 Å². The number of aliphatic carboxylic acids is 1. The second-order valence-corrected chi connectivity index (χ2v) is 6.79. The summed E-state index contributed by atoms with van der Waals surface area (Å²) in [6, 6.07) is 8.19. The van der Waals surface area contributed by atoms with Crippen molar-refractivity contribution in [2.45, 2.75) is 18.9 Å². The van der Waals surface area contributed by atoms with Crippen LogP contribution in [0.2, 0.25) is 0 Å². The molecule has 28 heavy (non-hydrogen) atoms. The van der Waals surface area contributed by atoms with Gasteiger partial charge in [-0.3, -0.25) is 9.69 Å². The molecule has 0 amide bonds. The van der Waals surface area contributed by atoms with Crippen molar-refractivity contribution in [3.63, 3.8) is 0 Å². The summed E-state index contributed by atoms with van der Waals surface area (Å²) in [6.07, 6.45) is 0.901. The first-order valence-corrected chi connectivity index (χ1v) is 9.09. The van der Waals surface area contributed by atoms with Gasteiger partial charge in [0.15, 0.2) is 0 Å². The van der Waals surface area contributed by atoms with Crippen LogP contribution in [0.4, 0.5) is 8.78 Å². The number of halogens is 2. The second-order valence-electron chi connectivity index (χ2n) is 6.79. The predicted molar refractivity (Wildman–Crippen MR) is 99.7 cm³/mol. The van der Waals surface area contributed by atoms with Crippen LogP contribution in [0.15, 0.2) is 36.4 Å². The maximum Gasteiger partial charge on any atom is 0.306 e. The fourth-order valence-electron chi connectivity index (χ4n) is 3.81. The lowest BCUT2D eigenvalue weighted by Gasteiger charge is -2.38. The molecule has 0 radical (unpaired) electrons. The van der Waals surface area contributed by atoms with Crippen LogP contribution in [-0.2, 0) is 4.79 Å². The third kappa shape index (κ3) is 3.94. The van der Waals surface area contributed by atoms with Gasteiger partial charge in [0.1, 0.15) is 23.1 Å². The summed E-state index contributed by atoms with van der Waals surface area (Å²) in [6.45, 7) is 0.916. The minimum atomic E-state index is -0.820. The Bertz CT molecular complexity index is 828. The highest BCUT2D eigenvalue weighted by Gasteiger charge is 2.34. The number of ether oxygens (including phenoxy) is 2. The number of rotatable bonds is 6. The smallest absolute Gasteiger partial charge is 0.306 e. The van der Waals surface area contributed by atoms with E-state index in [1.54, 1.807) is 18.2 Å². The lowest BCUT2D eigenvalue weighted by Crippen LogP contribution is -2.39. The van der Waals surface area contributed by atoms with Crippen molar-refractivity contribution < 1.29 is 28.2 Å². The topological polar surface area (TPSA) is 59.0 Å². The van der Waals surface area contributed by atoms with Gasteiger partial charge in [-0.1, -0.05) is 12.1 Å². The lowest BCUT2D eigenvalue weighted by atomic mass is 9.90. The molecule has 5 nitrogen and oxygen atoms in total. The second kappa shape index (κ2) is 8.56. The van der Waals surface area contributed by atoms with E-state index in [1.807, 2.05) is 4.90 Å². The highest BCUT2D eigenvalue weighted by molar-refractivity contribution is 5.70. The summed E-state index contributed by atoms with van der Waals surface area (Å²) in [5.41, 5.74) is 0.921. The number of hydrogen-bond acceptors (Lipinski definition) is 4. The van der Waals surface area contributed by atoms with Gasteiger partial charge in [0.05, 0.1) is 31.7 Å². The van der Waals surface area contributed by atoms with Crippen molar-refractivity contribution in [1.82, 2.24) is 4.90 Å². The first-order chi connectivity index (χ1) is 13.5. The maximum absolute atomic E-state index is 14.8. The number of carboxylic acids is 1. The van der Waals surface area contributed by atoms with Crippen LogP contribution in [0.3, 0.4) is 0 Å². The molecule has 1 aliphatic rings. The molecule has 7 heteroatoms. The van der Waals surface area contributed by atoms with E-state index >= 15 is 0 Å². The number of piperidine rings is 1. The molecular formula is C21H23F2NO4. The van der Waals surface area contributed by atoms with E-state index < -0.39 is 29.6 Å². The van der Waals surface area contributed by atoms with Gasteiger partial charge in [0.25, 0.3) is 0 Å². The van der Waals surface area contributed by atoms with Crippen molar-refractivity contribution in [1.29, 1.82) is 0 Å². The van der Waals surface area contributed by atoms with Gasteiger partial charge in [0, 0.05) is 11.6 Å². The average molecular weight is 391 g/mol. The monoisotopic (exact) mass is 391 g/mol. The van der Waals surface area contributed by atoms with Gasteiger partial charge in [-0.25, -0.2) is 8.78 Å². The first kappa shape index (κ1) is 20.1. The van der Waals surface area contributed by atoms with Crippen LogP contribution < -0.4 is 9.47 Å². The first-order valence-electron chi connectivity index (χ1n) is 9.09. The molecule has 2 aromatic rings. The SMILES string of the molecule is COc1cccc(OC)c1C(c1ccc(F)cc1F)N1CCC(C(=O)O)CC1. The van der Waals surface area contributed by atoms with Crippen LogP contribution in [0.5, 0.6) is 11.5 Å². The summed E-state index contributed by atoms with van der Waals surface area (Å²) in [5, 5.41) is 9.28. The largest absolute Gasteiger partial charge is 0.496 e. The molecule has 0 aromatic heterocycles. The van der Waals surface area contributed by atoms with E-state index in [4.69, 9.17) is 9.47 Å². The quantitative estimate of drug-likeness (QED) is 0.810. The molecule has 1 fully saturated rings. The highest BCUT2D eigenvalue weighted by atomic mass is 19.1. The van der Waals surface area contributed by atoms with Crippen molar-refractivity contribution in [3.8, 4) is 11.5 Å².